The van der Waals surface area contributed by atoms with Gasteiger partial charge in [0.15, 0.2) is 0 Å². The van der Waals surface area contributed by atoms with Crippen molar-refractivity contribution in [2.45, 2.75) is 18.4 Å². The molecule has 0 saturated heterocycles. The highest BCUT2D eigenvalue weighted by Crippen LogP contribution is 2.34. The normalized spacial score (nSPS) is 15.7. The lowest BCUT2D eigenvalue weighted by atomic mass is 10.0. The number of halogens is 4. The molecule has 1 aromatic rings. The van der Waals surface area contributed by atoms with Crippen LogP contribution in [-0.2, 0) is 6.18 Å². The van der Waals surface area contributed by atoms with Gasteiger partial charge < -0.3 is 10.2 Å². The summed E-state index contributed by atoms with van der Waals surface area (Å²) < 4.78 is 37.0. The van der Waals surface area contributed by atoms with Crippen molar-refractivity contribution in [1.82, 2.24) is 0 Å². The average Bonchev–Trinajstić information content (AvgIpc) is 2.25. The zero-order valence-corrected chi connectivity index (χ0v) is 10.1. The highest BCUT2D eigenvalue weighted by Gasteiger charge is 2.31. The number of alkyl halides is 3. The quantitative estimate of drug-likeness (QED) is 0.748. The van der Waals surface area contributed by atoms with Crippen molar-refractivity contribution in [1.29, 1.82) is 0 Å². The molecule has 0 amide bonds. The number of hydrogen-bond donors (Lipinski definition) is 3. The second-order valence-corrected chi connectivity index (χ2v) is 4.20. The molecule has 2 atom stereocenters. The van der Waals surface area contributed by atoms with Crippen LogP contribution in [0.25, 0.3) is 0 Å². The van der Waals surface area contributed by atoms with E-state index < -0.39 is 23.9 Å². The lowest BCUT2D eigenvalue weighted by molar-refractivity contribution is -0.137. The molecule has 0 aromatic heterocycles. The van der Waals surface area contributed by atoms with Gasteiger partial charge in [0, 0.05) is 16.3 Å². The molecule has 0 aliphatic rings. The molecule has 2 N–H and O–H groups in total. The first-order chi connectivity index (χ1) is 7.77. The van der Waals surface area contributed by atoms with Gasteiger partial charge in [-0.3, -0.25) is 0 Å². The second-order valence-electron chi connectivity index (χ2n) is 3.43. The zero-order chi connectivity index (χ0) is 13.2. The van der Waals surface area contributed by atoms with Crippen LogP contribution in [0.15, 0.2) is 18.2 Å². The molecule has 0 bridgehead atoms. The molecule has 1 rings (SSSR count). The maximum absolute atomic E-state index is 12.3. The molecule has 7 heteroatoms. The fraction of sp³-hybridized carbons (Fsp3) is 0.400. The standard InChI is InChI=1S/C10H10ClF3O2S/c11-7-3-5(10(12,13)14)1-2-6(7)9(16)8(15)4-17/h1-3,8-9,15-17H,4H2. The fourth-order valence-electron chi connectivity index (χ4n) is 1.25. The molecule has 1 aromatic carbocycles. The summed E-state index contributed by atoms with van der Waals surface area (Å²) in [5.41, 5.74) is -0.861. The Bertz CT molecular complexity index is 398. The molecule has 0 aliphatic heterocycles. The SMILES string of the molecule is OC(CS)C(O)c1ccc(C(F)(F)F)cc1Cl. The molecule has 2 nitrogen and oxygen atoms in total. The fourth-order valence-corrected chi connectivity index (χ4v) is 1.74. The summed E-state index contributed by atoms with van der Waals surface area (Å²) in [6.07, 6.45) is -7.04. The van der Waals surface area contributed by atoms with Gasteiger partial charge in [0.1, 0.15) is 6.10 Å². The second kappa shape index (κ2) is 5.48. The molecule has 17 heavy (non-hydrogen) atoms. The van der Waals surface area contributed by atoms with Gasteiger partial charge in [0.25, 0.3) is 0 Å². The number of rotatable bonds is 3. The molecule has 0 saturated carbocycles. The highest BCUT2D eigenvalue weighted by molar-refractivity contribution is 7.80. The van der Waals surface area contributed by atoms with Crippen LogP contribution in [-0.4, -0.2) is 22.1 Å². The van der Waals surface area contributed by atoms with Crippen molar-refractivity contribution in [3.05, 3.63) is 34.3 Å². The maximum Gasteiger partial charge on any atom is 0.416 e. The molecule has 0 heterocycles. The summed E-state index contributed by atoms with van der Waals surface area (Å²) in [4.78, 5) is 0. The van der Waals surface area contributed by atoms with Crippen molar-refractivity contribution >= 4 is 24.2 Å². The average molecular weight is 287 g/mol. The van der Waals surface area contributed by atoms with Crippen molar-refractivity contribution in [3.8, 4) is 0 Å². The van der Waals surface area contributed by atoms with Crippen LogP contribution < -0.4 is 0 Å². The van der Waals surface area contributed by atoms with Gasteiger partial charge >= 0.3 is 6.18 Å². The topological polar surface area (TPSA) is 40.5 Å². The summed E-state index contributed by atoms with van der Waals surface area (Å²) in [5.74, 6) is -0.0292. The van der Waals surface area contributed by atoms with Crippen LogP contribution in [0.1, 0.15) is 17.2 Å². The van der Waals surface area contributed by atoms with Crippen molar-refractivity contribution < 1.29 is 23.4 Å². The van der Waals surface area contributed by atoms with Gasteiger partial charge in [-0.05, 0) is 12.1 Å². The summed E-state index contributed by atoms with van der Waals surface area (Å²) in [6, 6.07) is 2.56. The van der Waals surface area contributed by atoms with Crippen molar-refractivity contribution in [2.75, 3.05) is 5.75 Å². The van der Waals surface area contributed by atoms with E-state index in [-0.39, 0.29) is 16.3 Å². The third kappa shape index (κ3) is 3.51. The number of benzene rings is 1. The number of aliphatic hydroxyl groups excluding tert-OH is 2. The minimum absolute atomic E-state index is 0.0292. The molecule has 0 spiro atoms. The van der Waals surface area contributed by atoms with E-state index in [4.69, 9.17) is 11.6 Å². The van der Waals surface area contributed by atoms with E-state index in [1.807, 2.05) is 0 Å². The lowest BCUT2D eigenvalue weighted by Crippen LogP contribution is -2.20. The molecule has 0 radical (unpaired) electrons. The van der Waals surface area contributed by atoms with E-state index in [9.17, 15) is 23.4 Å². The molecule has 0 fully saturated rings. The Labute approximate surface area is 106 Å². The van der Waals surface area contributed by atoms with Gasteiger partial charge in [-0.2, -0.15) is 25.8 Å². The summed E-state index contributed by atoms with van der Waals surface area (Å²) >= 11 is 9.41. The number of aliphatic hydroxyl groups is 2. The first-order valence-corrected chi connectivity index (χ1v) is 5.62. The van der Waals surface area contributed by atoms with Crippen LogP contribution in [0.4, 0.5) is 13.2 Å². The van der Waals surface area contributed by atoms with Gasteiger partial charge in [-0.25, -0.2) is 0 Å². The van der Waals surface area contributed by atoms with Crippen molar-refractivity contribution in [3.63, 3.8) is 0 Å². The van der Waals surface area contributed by atoms with Crippen LogP contribution in [0.2, 0.25) is 5.02 Å². The van der Waals surface area contributed by atoms with E-state index >= 15 is 0 Å². The van der Waals surface area contributed by atoms with Crippen molar-refractivity contribution in [2.24, 2.45) is 0 Å². The first kappa shape index (κ1) is 14.6. The van der Waals surface area contributed by atoms with Gasteiger partial charge in [-0.1, -0.05) is 17.7 Å². The highest BCUT2D eigenvalue weighted by atomic mass is 35.5. The van der Waals surface area contributed by atoms with Crippen LogP contribution in [0.5, 0.6) is 0 Å². The van der Waals surface area contributed by atoms with E-state index in [0.717, 1.165) is 12.1 Å². The summed E-state index contributed by atoms with van der Waals surface area (Å²) in [6.45, 7) is 0. The van der Waals surface area contributed by atoms with Crippen LogP contribution >= 0.6 is 24.2 Å². The lowest BCUT2D eigenvalue weighted by Gasteiger charge is -2.18. The minimum atomic E-state index is -4.49. The molecule has 96 valence electrons. The van der Waals surface area contributed by atoms with E-state index in [1.54, 1.807) is 0 Å². The van der Waals surface area contributed by atoms with E-state index in [1.165, 1.54) is 0 Å². The first-order valence-electron chi connectivity index (χ1n) is 4.61. The number of hydrogen-bond acceptors (Lipinski definition) is 3. The smallest absolute Gasteiger partial charge is 0.389 e. The molecular formula is C10H10ClF3O2S. The Kier molecular flexibility index (Phi) is 4.71. The van der Waals surface area contributed by atoms with Gasteiger partial charge in [0.05, 0.1) is 11.7 Å². The predicted octanol–water partition coefficient (Wildman–Crippen LogP) is 2.68. The largest absolute Gasteiger partial charge is 0.416 e. The third-order valence-corrected chi connectivity index (χ3v) is 2.90. The molecular weight excluding hydrogens is 277 g/mol. The zero-order valence-electron chi connectivity index (χ0n) is 8.45. The number of thiol groups is 1. The molecule has 0 aliphatic carbocycles. The Morgan fingerprint density at radius 3 is 2.29 bits per heavy atom. The van der Waals surface area contributed by atoms with E-state index in [2.05, 4.69) is 12.6 Å². The maximum atomic E-state index is 12.3. The Hall–Kier alpha value is -0.430. The van der Waals surface area contributed by atoms with Crippen LogP contribution in [0.3, 0.4) is 0 Å². The molecule has 2 unspecified atom stereocenters. The van der Waals surface area contributed by atoms with Gasteiger partial charge in [-0.15, -0.1) is 0 Å². The third-order valence-electron chi connectivity index (χ3n) is 2.20. The van der Waals surface area contributed by atoms with Crippen LogP contribution in [0, 0.1) is 0 Å². The summed E-state index contributed by atoms with van der Waals surface area (Å²) in [5, 5.41) is 18.7. The van der Waals surface area contributed by atoms with E-state index in [0.29, 0.717) is 6.07 Å². The monoisotopic (exact) mass is 286 g/mol. The predicted molar refractivity (Wildman–Crippen MR) is 61.3 cm³/mol. The summed E-state index contributed by atoms with van der Waals surface area (Å²) in [7, 11) is 0. The Morgan fingerprint density at radius 2 is 1.88 bits per heavy atom. The Balaban J connectivity index is 3.06. The minimum Gasteiger partial charge on any atom is -0.389 e. The van der Waals surface area contributed by atoms with Gasteiger partial charge in [0.2, 0.25) is 0 Å². The Morgan fingerprint density at radius 1 is 1.29 bits per heavy atom.